The van der Waals surface area contributed by atoms with E-state index in [-0.39, 0.29) is 0 Å². The van der Waals surface area contributed by atoms with E-state index in [1.165, 1.54) is 0 Å². The molecular weight excluding hydrogens is 188 g/mol. The van der Waals surface area contributed by atoms with Crippen molar-refractivity contribution in [3.8, 4) is 0 Å². The van der Waals surface area contributed by atoms with Gasteiger partial charge in [0.15, 0.2) is 0 Å². The summed E-state index contributed by atoms with van der Waals surface area (Å²) in [5, 5.41) is 9.95. The molecule has 1 rings (SSSR count). The van der Waals surface area contributed by atoms with Crippen molar-refractivity contribution in [2.24, 2.45) is 0 Å². The summed E-state index contributed by atoms with van der Waals surface area (Å²) >= 11 is 0. The molecule has 0 aliphatic carbocycles. The van der Waals surface area contributed by atoms with Gasteiger partial charge in [-0.3, -0.25) is 0 Å². The molecule has 1 aromatic rings. The van der Waals surface area contributed by atoms with Crippen LogP contribution in [0.2, 0.25) is 0 Å². The minimum Gasteiger partial charge on any atom is -0.399 e. The van der Waals surface area contributed by atoms with Crippen LogP contribution in [0.1, 0.15) is 25.5 Å². The van der Waals surface area contributed by atoms with Gasteiger partial charge in [0.25, 0.3) is 0 Å². The molecule has 0 radical (unpaired) electrons. The third-order valence-electron chi connectivity index (χ3n) is 2.66. The lowest BCUT2D eigenvalue weighted by atomic mass is 10.1. The molecule has 84 valence electrons. The molecule has 0 saturated carbocycles. The lowest BCUT2D eigenvalue weighted by Gasteiger charge is -2.24. The molecule has 0 amide bonds. The van der Waals surface area contributed by atoms with Crippen molar-refractivity contribution in [3.63, 3.8) is 0 Å². The molecule has 3 nitrogen and oxygen atoms in total. The van der Waals surface area contributed by atoms with Gasteiger partial charge < -0.3 is 15.7 Å². The molecule has 1 atom stereocenters. The van der Waals surface area contributed by atoms with Gasteiger partial charge in [-0.2, -0.15) is 0 Å². The lowest BCUT2D eigenvalue weighted by molar-refractivity contribution is 0.112. The highest BCUT2D eigenvalue weighted by Crippen LogP contribution is 2.16. The smallest absolute Gasteiger partial charge is 0.0916 e. The predicted molar refractivity (Wildman–Crippen MR) is 63.6 cm³/mol. The van der Waals surface area contributed by atoms with E-state index in [9.17, 15) is 5.11 Å². The Kier molecular flexibility index (Phi) is 4.12. The molecule has 0 bridgehead atoms. The van der Waals surface area contributed by atoms with Crippen molar-refractivity contribution in [1.82, 2.24) is 4.90 Å². The number of aliphatic hydroxyl groups is 1. The second kappa shape index (κ2) is 5.14. The van der Waals surface area contributed by atoms with E-state index in [4.69, 9.17) is 5.73 Å². The molecule has 0 aliphatic heterocycles. The highest BCUT2D eigenvalue weighted by atomic mass is 16.3. The minimum atomic E-state index is -0.446. The van der Waals surface area contributed by atoms with Crippen LogP contribution >= 0.6 is 0 Å². The van der Waals surface area contributed by atoms with E-state index < -0.39 is 6.10 Å². The standard InChI is InChI=1S/C12H20N2O/c1-9(2)14(3)8-12(15)10-4-6-11(13)7-5-10/h4-7,9,12,15H,8,13H2,1-3H3. The van der Waals surface area contributed by atoms with Crippen LogP contribution in [0.25, 0.3) is 0 Å². The summed E-state index contributed by atoms with van der Waals surface area (Å²) in [7, 11) is 2.01. The van der Waals surface area contributed by atoms with E-state index in [1.54, 1.807) is 0 Å². The summed E-state index contributed by atoms with van der Waals surface area (Å²) in [6.07, 6.45) is -0.446. The summed E-state index contributed by atoms with van der Waals surface area (Å²) in [6.45, 7) is 4.85. The first-order chi connectivity index (χ1) is 7.00. The van der Waals surface area contributed by atoms with Crippen LogP contribution in [0.15, 0.2) is 24.3 Å². The van der Waals surface area contributed by atoms with Crippen molar-refractivity contribution in [2.45, 2.75) is 26.0 Å². The molecule has 3 heteroatoms. The van der Waals surface area contributed by atoms with Crippen molar-refractivity contribution < 1.29 is 5.11 Å². The Morgan fingerprint density at radius 1 is 1.27 bits per heavy atom. The Hall–Kier alpha value is -1.06. The normalized spacial score (nSPS) is 13.5. The molecule has 0 heterocycles. The summed E-state index contributed by atoms with van der Waals surface area (Å²) in [6, 6.07) is 7.80. The molecule has 0 aromatic heterocycles. The van der Waals surface area contributed by atoms with Gasteiger partial charge in [-0.05, 0) is 38.6 Å². The van der Waals surface area contributed by atoms with Crippen LogP contribution in [-0.4, -0.2) is 29.6 Å². The first kappa shape index (κ1) is 12.0. The molecule has 0 saturated heterocycles. The van der Waals surface area contributed by atoms with Gasteiger partial charge in [0, 0.05) is 18.3 Å². The number of benzene rings is 1. The third kappa shape index (κ3) is 3.53. The van der Waals surface area contributed by atoms with Crippen LogP contribution < -0.4 is 5.73 Å². The van der Waals surface area contributed by atoms with Gasteiger partial charge in [0.1, 0.15) is 0 Å². The minimum absolute atomic E-state index is 0.438. The number of hydrogen-bond acceptors (Lipinski definition) is 3. The number of hydrogen-bond donors (Lipinski definition) is 2. The predicted octanol–water partition coefficient (Wildman–Crippen LogP) is 1.64. The highest BCUT2D eigenvalue weighted by molar-refractivity contribution is 5.39. The second-order valence-corrected chi connectivity index (χ2v) is 4.22. The summed E-state index contributed by atoms with van der Waals surface area (Å²) < 4.78 is 0. The molecule has 1 unspecified atom stereocenters. The van der Waals surface area contributed by atoms with Crippen molar-refractivity contribution in [1.29, 1.82) is 0 Å². The zero-order valence-corrected chi connectivity index (χ0v) is 9.64. The average molecular weight is 208 g/mol. The Bertz CT molecular complexity index is 295. The van der Waals surface area contributed by atoms with Crippen molar-refractivity contribution >= 4 is 5.69 Å². The van der Waals surface area contributed by atoms with Crippen LogP contribution in [0.3, 0.4) is 0 Å². The van der Waals surface area contributed by atoms with E-state index >= 15 is 0 Å². The largest absolute Gasteiger partial charge is 0.399 e. The van der Waals surface area contributed by atoms with E-state index in [0.717, 1.165) is 11.3 Å². The summed E-state index contributed by atoms with van der Waals surface area (Å²) in [4.78, 5) is 2.11. The van der Waals surface area contributed by atoms with Gasteiger partial charge in [0.2, 0.25) is 0 Å². The molecule has 0 spiro atoms. The zero-order valence-electron chi connectivity index (χ0n) is 9.64. The fourth-order valence-corrected chi connectivity index (χ4v) is 1.31. The Balaban J connectivity index is 2.61. The quantitative estimate of drug-likeness (QED) is 0.740. The number of rotatable bonds is 4. The lowest BCUT2D eigenvalue weighted by Crippen LogP contribution is -2.30. The van der Waals surface area contributed by atoms with Crippen LogP contribution in [-0.2, 0) is 0 Å². The number of nitrogens with two attached hydrogens (primary N) is 1. The van der Waals surface area contributed by atoms with Crippen molar-refractivity contribution in [3.05, 3.63) is 29.8 Å². The first-order valence-corrected chi connectivity index (χ1v) is 5.24. The molecule has 15 heavy (non-hydrogen) atoms. The number of aliphatic hydroxyl groups excluding tert-OH is 1. The van der Waals surface area contributed by atoms with E-state index in [2.05, 4.69) is 18.7 Å². The highest BCUT2D eigenvalue weighted by Gasteiger charge is 2.12. The van der Waals surface area contributed by atoms with Crippen molar-refractivity contribution in [2.75, 3.05) is 19.3 Å². The fraction of sp³-hybridized carbons (Fsp3) is 0.500. The van der Waals surface area contributed by atoms with Crippen LogP contribution in [0.5, 0.6) is 0 Å². The molecule has 1 aromatic carbocycles. The Morgan fingerprint density at radius 3 is 2.27 bits per heavy atom. The van der Waals surface area contributed by atoms with Gasteiger partial charge >= 0.3 is 0 Å². The topological polar surface area (TPSA) is 49.5 Å². The van der Waals surface area contributed by atoms with Gasteiger partial charge in [0.05, 0.1) is 6.10 Å². The van der Waals surface area contributed by atoms with Gasteiger partial charge in [-0.1, -0.05) is 12.1 Å². The molecule has 0 fully saturated rings. The molecular formula is C12H20N2O. The Morgan fingerprint density at radius 2 is 1.80 bits per heavy atom. The molecule has 0 aliphatic rings. The fourth-order valence-electron chi connectivity index (χ4n) is 1.31. The van der Waals surface area contributed by atoms with E-state index in [0.29, 0.717) is 12.6 Å². The number of nitrogens with zero attached hydrogens (tertiary/aromatic N) is 1. The van der Waals surface area contributed by atoms with E-state index in [1.807, 2.05) is 31.3 Å². The van der Waals surface area contributed by atoms with Gasteiger partial charge in [-0.25, -0.2) is 0 Å². The maximum atomic E-state index is 9.95. The van der Waals surface area contributed by atoms with Crippen LogP contribution in [0.4, 0.5) is 5.69 Å². The summed E-state index contributed by atoms with van der Waals surface area (Å²) in [5.74, 6) is 0. The maximum absolute atomic E-state index is 9.95. The number of likely N-dealkylation sites (N-methyl/N-ethyl adjacent to an activating group) is 1. The Labute approximate surface area is 91.5 Å². The number of anilines is 1. The third-order valence-corrected chi connectivity index (χ3v) is 2.66. The zero-order chi connectivity index (χ0) is 11.4. The average Bonchev–Trinajstić information content (AvgIpc) is 2.18. The number of nitrogen functional groups attached to an aromatic ring is 1. The summed E-state index contributed by atoms with van der Waals surface area (Å²) in [5.41, 5.74) is 7.22. The first-order valence-electron chi connectivity index (χ1n) is 5.24. The van der Waals surface area contributed by atoms with Crippen LogP contribution in [0, 0.1) is 0 Å². The second-order valence-electron chi connectivity index (χ2n) is 4.22. The van der Waals surface area contributed by atoms with Gasteiger partial charge in [-0.15, -0.1) is 0 Å². The maximum Gasteiger partial charge on any atom is 0.0916 e. The SMILES string of the molecule is CC(C)N(C)CC(O)c1ccc(N)cc1. The monoisotopic (exact) mass is 208 g/mol. The molecule has 3 N–H and O–H groups in total.